The lowest BCUT2D eigenvalue weighted by atomic mass is 10.2. The molecule has 0 aromatic rings. The summed E-state index contributed by atoms with van der Waals surface area (Å²) in [6.07, 6.45) is 5.03. The van der Waals surface area contributed by atoms with E-state index in [0.29, 0.717) is 0 Å². The van der Waals surface area contributed by atoms with Crippen LogP contribution in [0.15, 0.2) is 0 Å². The van der Waals surface area contributed by atoms with Crippen molar-refractivity contribution < 1.29 is 12.6 Å². The summed E-state index contributed by atoms with van der Waals surface area (Å²) in [6.45, 7) is 4.56. The van der Waals surface area contributed by atoms with E-state index in [2.05, 4.69) is 10.1 Å². The second-order valence-corrected chi connectivity index (χ2v) is 4.44. The molecule has 0 spiro atoms. The topological polar surface area (TPSA) is 43.4 Å². The average molecular weight is 176 g/mol. The van der Waals surface area contributed by atoms with Crippen LogP contribution >= 0.6 is 0 Å². The van der Waals surface area contributed by atoms with Crippen LogP contribution in [-0.4, -0.2) is 19.8 Å². The van der Waals surface area contributed by atoms with Gasteiger partial charge in [0.25, 0.3) is 10.1 Å². The average Bonchev–Trinajstić information content (AvgIpc) is 1.86. The minimum absolute atomic E-state index is 0.0574. The van der Waals surface area contributed by atoms with Crippen molar-refractivity contribution in [2.45, 2.75) is 26.4 Å². The maximum absolute atomic E-state index is 10.9. The first-order chi connectivity index (χ1) is 4.83. The van der Waals surface area contributed by atoms with Gasteiger partial charge < -0.3 is 0 Å². The summed E-state index contributed by atoms with van der Waals surface area (Å²) in [5, 5.41) is 0. The molecule has 0 heterocycles. The summed E-state index contributed by atoms with van der Waals surface area (Å²) in [5.41, 5.74) is -1.03. The molecule has 0 aromatic heterocycles. The third kappa shape index (κ3) is 4.02. The van der Waals surface area contributed by atoms with E-state index < -0.39 is 15.7 Å². The van der Waals surface area contributed by atoms with Crippen LogP contribution in [-0.2, 0) is 14.3 Å². The lowest BCUT2D eigenvalue weighted by Gasteiger charge is -2.16. The first-order valence-electron chi connectivity index (χ1n) is 3.24. The van der Waals surface area contributed by atoms with Crippen molar-refractivity contribution >= 4 is 10.1 Å². The molecule has 0 saturated carbocycles. The van der Waals surface area contributed by atoms with Gasteiger partial charge >= 0.3 is 0 Å². The third-order valence-corrected chi connectivity index (χ3v) is 2.41. The van der Waals surface area contributed by atoms with E-state index in [1.54, 1.807) is 0 Å². The molecule has 0 aromatic carbocycles. The second-order valence-electron chi connectivity index (χ2n) is 2.58. The molecule has 0 radical (unpaired) electrons. The van der Waals surface area contributed by atoms with Crippen molar-refractivity contribution in [3.05, 3.63) is 0 Å². The molecule has 0 aliphatic heterocycles. The van der Waals surface area contributed by atoms with Crippen LogP contribution in [0.4, 0.5) is 0 Å². The van der Waals surface area contributed by atoms with Gasteiger partial charge in [-0.2, -0.15) is 8.42 Å². The minimum atomic E-state index is -3.43. The largest absolute Gasteiger partial charge is 0.268 e. The van der Waals surface area contributed by atoms with E-state index in [1.807, 2.05) is 0 Å². The van der Waals surface area contributed by atoms with Crippen molar-refractivity contribution in [3.63, 3.8) is 0 Å². The van der Waals surface area contributed by atoms with E-state index in [1.165, 1.54) is 20.8 Å². The van der Waals surface area contributed by atoms with Gasteiger partial charge in [0.05, 0.1) is 5.75 Å². The zero-order valence-electron chi connectivity index (χ0n) is 6.92. The minimum Gasteiger partial charge on any atom is -0.251 e. The van der Waals surface area contributed by atoms with Crippen molar-refractivity contribution in [2.75, 3.05) is 5.75 Å². The zero-order chi connectivity index (χ0) is 9.12. The maximum Gasteiger partial charge on any atom is 0.268 e. The van der Waals surface area contributed by atoms with E-state index in [4.69, 9.17) is 6.42 Å². The van der Waals surface area contributed by atoms with Gasteiger partial charge in [0.2, 0.25) is 0 Å². The van der Waals surface area contributed by atoms with E-state index >= 15 is 0 Å². The zero-order valence-corrected chi connectivity index (χ0v) is 7.73. The van der Waals surface area contributed by atoms with Crippen LogP contribution in [0.5, 0.6) is 0 Å². The molecule has 0 aliphatic rings. The van der Waals surface area contributed by atoms with E-state index in [0.717, 1.165) is 0 Å². The lowest BCUT2D eigenvalue weighted by molar-refractivity contribution is 0.181. The van der Waals surface area contributed by atoms with Crippen LogP contribution in [0.2, 0.25) is 0 Å². The van der Waals surface area contributed by atoms with Crippen LogP contribution in [0.1, 0.15) is 20.8 Å². The Hall–Kier alpha value is -0.530. The second kappa shape index (κ2) is 3.24. The fourth-order valence-electron chi connectivity index (χ4n) is 0.400. The first kappa shape index (κ1) is 10.5. The Labute approximate surface area is 67.9 Å². The SMILES string of the molecule is C#CC(C)(C)OS(=O)(=O)CC. The standard InChI is InChI=1S/C7H12O3S/c1-5-7(3,4)10-11(8,9)6-2/h1H,6H2,2-4H3. The van der Waals surface area contributed by atoms with Crippen molar-refractivity contribution in [2.24, 2.45) is 0 Å². The molecule has 0 atom stereocenters. The van der Waals surface area contributed by atoms with Crippen LogP contribution < -0.4 is 0 Å². The Bertz CT molecular complexity index is 256. The predicted octanol–water partition coefficient (Wildman–Crippen LogP) is 0.765. The highest BCUT2D eigenvalue weighted by Crippen LogP contribution is 2.11. The normalized spacial score (nSPS) is 12.5. The highest BCUT2D eigenvalue weighted by Gasteiger charge is 2.22. The Morgan fingerprint density at radius 2 is 2.00 bits per heavy atom. The molecule has 3 nitrogen and oxygen atoms in total. The molecular weight excluding hydrogens is 164 g/mol. The number of terminal acetylenes is 1. The molecule has 0 N–H and O–H groups in total. The van der Waals surface area contributed by atoms with Gasteiger partial charge in [-0.25, -0.2) is 0 Å². The molecule has 64 valence electrons. The number of hydrogen-bond donors (Lipinski definition) is 0. The van der Waals surface area contributed by atoms with Crippen molar-refractivity contribution in [1.82, 2.24) is 0 Å². The molecule has 0 aliphatic carbocycles. The summed E-state index contributed by atoms with van der Waals surface area (Å²) in [6, 6.07) is 0. The van der Waals surface area contributed by atoms with Gasteiger partial charge in [0.15, 0.2) is 0 Å². The summed E-state index contributed by atoms with van der Waals surface area (Å²) >= 11 is 0. The quantitative estimate of drug-likeness (QED) is 0.471. The highest BCUT2D eigenvalue weighted by atomic mass is 32.2. The highest BCUT2D eigenvalue weighted by molar-refractivity contribution is 7.86. The van der Waals surface area contributed by atoms with E-state index in [-0.39, 0.29) is 5.75 Å². The Balaban J connectivity index is 4.42. The molecule has 11 heavy (non-hydrogen) atoms. The van der Waals surface area contributed by atoms with Crippen LogP contribution in [0.25, 0.3) is 0 Å². The van der Waals surface area contributed by atoms with Crippen molar-refractivity contribution in [3.8, 4) is 12.3 Å². The predicted molar refractivity (Wildman–Crippen MR) is 43.5 cm³/mol. The fourth-order valence-corrected chi connectivity index (χ4v) is 1.20. The van der Waals surface area contributed by atoms with Gasteiger partial charge in [-0.1, -0.05) is 5.92 Å². The Morgan fingerprint density at radius 1 is 1.55 bits per heavy atom. The van der Waals surface area contributed by atoms with Crippen LogP contribution in [0, 0.1) is 12.3 Å². The summed E-state index contributed by atoms with van der Waals surface area (Å²) < 4.78 is 26.4. The molecule has 4 heteroatoms. The number of hydrogen-bond acceptors (Lipinski definition) is 3. The first-order valence-corrected chi connectivity index (χ1v) is 4.82. The Kier molecular flexibility index (Phi) is 3.09. The van der Waals surface area contributed by atoms with Gasteiger partial charge in [-0.15, -0.1) is 6.42 Å². The summed E-state index contributed by atoms with van der Waals surface area (Å²) in [5.74, 6) is 2.17. The van der Waals surface area contributed by atoms with Crippen LogP contribution in [0.3, 0.4) is 0 Å². The fraction of sp³-hybridized carbons (Fsp3) is 0.714. The molecule has 0 rings (SSSR count). The van der Waals surface area contributed by atoms with Gasteiger partial charge in [-0.05, 0) is 20.8 Å². The smallest absolute Gasteiger partial charge is 0.251 e. The Morgan fingerprint density at radius 3 is 2.27 bits per heavy atom. The van der Waals surface area contributed by atoms with Gasteiger partial charge in [-0.3, -0.25) is 4.18 Å². The molecule has 0 unspecified atom stereocenters. The molecule has 0 saturated heterocycles. The summed E-state index contributed by atoms with van der Waals surface area (Å²) in [4.78, 5) is 0. The molecule has 0 amide bonds. The lowest BCUT2D eigenvalue weighted by Crippen LogP contribution is -2.26. The van der Waals surface area contributed by atoms with Gasteiger partial charge in [0.1, 0.15) is 5.60 Å². The maximum atomic E-state index is 10.9. The monoisotopic (exact) mass is 176 g/mol. The molecule has 0 fully saturated rings. The number of rotatable bonds is 3. The third-order valence-electron chi connectivity index (χ3n) is 1.04. The van der Waals surface area contributed by atoms with Gasteiger partial charge in [0, 0.05) is 0 Å². The molecular formula is C7H12O3S. The van der Waals surface area contributed by atoms with E-state index in [9.17, 15) is 8.42 Å². The molecule has 0 bridgehead atoms. The summed E-state index contributed by atoms with van der Waals surface area (Å²) in [7, 11) is -3.43. The van der Waals surface area contributed by atoms with Crippen molar-refractivity contribution in [1.29, 1.82) is 0 Å².